The van der Waals surface area contributed by atoms with E-state index in [0.29, 0.717) is 11.8 Å². The van der Waals surface area contributed by atoms with E-state index in [2.05, 4.69) is 11.9 Å². The number of aryl methyl sites for hydroxylation is 1. The van der Waals surface area contributed by atoms with Crippen molar-refractivity contribution >= 4 is 16.9 Å². The lowest BCUT2D eigenvalue weighted by atomic mass is 9.68. The number of aromatic nitrogens is 1. The van der Waals surface area contributed by atoms with Crippen LogP contribution in [0.25, 0.3) is 10.9 Å². The molecule has 1 aliphatic rings. The Morgan fingerprint density at radius 1 is 1.35 bits per heavy atom. The fourth-order valence-corrected chi connectivity index (χ4v) is 4.07. The van der Waals surface area contributed by atoms with Crippen molar-refractivity contribution in [2.24, 2.45) is 0 Å². The molecule has 1 heterocycles. The van der Waals surface area contributed by atoms with Gasteiger partial charge in [0.2, 0.25) is 0 Å². The second-order valence-electron chi connectivity index (χ2n) is 6.39. The molecule has 1 aromatic heterocycles. The van der Waals surface area contributed by atoms with E-state index < -0.39 is 17.0 Å². The van der Waals surface area contributed by atoms with Crippen LogP contribution < -0.4 is 0 Å². The Kier molecular flexibility index (Phi) is 4.13. The Balaban J connectivity index is 2.22. The standard InChI is InChI=1S/C18H21F2NO2/c1-3-8-18(10-14(22)23-2)9-4-5-11-15-12(19)6-7-13(20)16(15)21-17(11)18/h6-7,21H,3-5,8-10H2,1-2H3. The molecule has 3 rings (SSSR count). The molecule has 0 spiro atoms. The third-order valence-electron chi connectivity index (χ3n) is 5.01. The molecule has 2 aromatic rings. The van der Waals surface area contributed by atoms with E-state index in [9.17, 15) is 13.6 Å². The predicted molar refractivity (Wildman–Crippen MR) is 84.4 cm³/mol. The van der Waals surface area contributed by atoms with Crippen molar-refractivity contribution < 1.29 is 18.3 Å². The number of aromatic amines is 1. The van der Waals surface area contributed by atoms with Gasteiger partial charge in [-0.3, -0.25) is 4.79 Å². The van der Waals surface area contributed by atoms with E-state index in [1.54, 1.807) is 0 Å². The van der Waals surface area contributed by atoms with E-state index in [4.69, 9.17) is 4.74 Å². The summed E-state index contributed by atoms with van der Waals surface area (Å²) >= 11 is 0. The van der Waals surface area contributed by atoms with E-state index in [-0.39, 0.29) is 17.9 Å². The molecule has 0 amide bonds. The summed E-state index contributed by atoms with van der Waals surface area (Å²) in [6.07, 6.45) is 4.27. The maximum atomic E-state index is 14.3. The fraction of sp³-hybridized carbons (Fsp3) is 0.500. The first kappa shape index (κ1) is 16.0. The highest BCUT2D eigenvalue weighted by atomic mass is 19.1. The molecular weight excluding hydrogens is 300 g/mol. The molecule has 124 valence electrons. The van der Waals surface area contributed by atoms with Gasteiger partial charge in [0.1, 0.15) is 11.6 Å². The molecule has 1 N–H and O–H groups in total. The van der Waals surface area contributed by atoms with E-state index in [0.717, 1.165) is 43.0 Å². The average molecular weight is 321 g/mol. The van der Waals surface area contributed by atoms with Gasteiger partial charge in [-0.2, -0.15) is 0 Å². The number of halogens is 2. The topological polar surface area (TPSA) is 42.1 Å². The molecule has 1 atom stereocenters. The van der Waals surface area contributed by atoms with Crippen LogP contribution in [0.5, 0.6) is 0 Å². The van der Waals surface area contributed by atoms with Gasteiger partial charge in [0.25, 0.3) is 0 Å². The normalized spacial score (nSPS) is 20.5. The Labute approximate surface area is 134 Å². The number of esters is 1. The summed E-state index contributed by atoms with van der Waals surface area (Å²) in [6, 6.07) is 2.31. The molecule has 0 radical (unpaired) electrons. The molecule has 0 bridgehead atoms. The van der Waals surface area contributed by atoms with Gasteiger partial charge in [-0.15, -0.1) is 0 Å². The maximum Gasteiger partial charge on any atom is 0.306 e. The van der Waals surface area contributed by atoms with Gasteiger partial charge in [-0.05, 0) is 43.4 Å². The Morgan fingerprint density at radius 2 is 2.09 bits per heavy atom. The van der Waals surface area contributed by atoms with E-state index in [1.807, 2.05) is 0 Å². The van der Waals surface area contributed by atoms with Gasteiger partial charge in [0.15, 0.2) is 0 Å². The number of ether oxygens (including phenoxy) is 1. The monoisotopic (exact) mass is 321 g/mol. The summed E-state index contributed by atoms with van der Waals surface area (Å²) in [5.41, 5.74) is 1.42. The Hall–Kier alpha value is -1.91. The van der Waals surface area contributed by atoms with Crippen molar-refractivity contribution in [3.8, 4) is 0 Å². The van der Waals surface area contributed by atoms with Gasteiger partial charge >= 0.3 is 5.97 Å². The van der Waals surface area contributed by atoms with E-state index >= 15 is 0 Å². The van der Waals surface area contributed by atoms with Gasteiger partial charge < -0.3 is 9.72 Å². The minimum absolute atomic E-state index is 0.210. The van der Waals surface area contributed by atoms with Crippen LogP contribution in [0.1, 0.15) is 50.3 Å². The van der Waals surface area contributed by atoms with Crippen molar-refractivity contribution in [1.82, 2.24) is 4.98 Å². The number of rotatable bonds is 4. The molecule has 0 fully saturated rings. The first-order valence-corrected chi connectivity index (χ1v) is 8.08. The molecular formula is C18H21F2NO2. The fourth-order valence-electron chi connectivity index (χ4n) is 4.07. The first-order valence-electron chi connectivity index (χ1n) is 8.08. The highest BCUT2D eigenvalue weighted by Gasteiger charge is 2.41. The largest absolute Gasteiger partial charge is 0.469 e. The number of nitrogens with one attached hydrogen (secondary N) is 1. The zero-order valence-electron chi connectivity index (χ0n) is 13.5. The third-order valence-corrected chi connectivity index (χ3v) is 5.01. The summed E-state index contributed by atoms with van der Waals surface area (Å²) in [7, 11) is 1.37. The number of benzene rings is 1. The van der Waals surface area contributed by atoms with Crippen LogP contribution >= 0.6 is 0 Å². The number of H-pyrrole nitrogens is 1. The molecule has 1 aromatic carbocycles. The van der Waals surface area contributed by atoms with Crippen LogP contribution in [0.3, 0.4) is 0 Å². The number of hydrogen-bond donors (Lipinski definition) is 1. The zero-order valence-corrected chi connectivity index (χ0v) is 13.5. The SMILES string of the molecule is CCCC1(CC(=O)OC)CCCc2c1[nH]c1c(F)ccc(F)c21. The van der Waals surface area contributed by atoms with Crippen molar-refractivity contribution in [2.75, 3.05) is 7.11 Å². The second-order valence-corrected chi connectivity index (χ2v) is 6.39. The van der Waals surface area contributed by atoms with Crippen LogP contribution in [-0.2, 0) is 21.4 Å². The smallest absolute Gasteiger partial charge is 0.306 e. The highest BCUT2D eigenvalue weighted by molar-refractivity contribution is 5.87. The van der Waals surface area contributed by atoms with Crippen LogP contribution in [0.15, 0.2) is 12.1 Å². The third kappa shape index (κ3) is 2.52. The number of methoxy groups -OCH3 is 1. The summed E-state index contributed by atoms with van der Waals surface area (Å²) in [5, 5.41) is 0.338. The second kappa shape index (κ2) is 5.95. The lowest BCUT2D eigenvalue weighted by Gasteiger charge is -2.36. The predicted octanol–water partition coefficient (Wildman–Crippen LogP) is 4.38. The Bertz CT molecular complexity index is 753. The zero-order chi connectivity index (χ0) is 16.6. The quantitative estimate of drug-likeness (QED) is 0.849. The van der Waals surface area contributed by atoms with Gasteiger partial charge in [-0.25, -0.2) is 8.78 Å². The number of carbonyl (C=O) groups is 1. The molecule has 23 heavy (non-hydrogen) atoms. The molecule has 5 heteroatoms. The van der Waals surface area contributed by atoms with Crippen molar-refractivity contribution in [1.29, 1.82) is 0 Å². The molecule has 3 nitrogen and oxygen atoms in total. The summed E-state index contributed by atoms with van der Waals surface area (Å²) in [6.45, 7) is 2.05. The first-order chi connectivity index (χ1) is 11.0. The lowest BCUT2D eigenvalue weighted by molar-refractivity contribution is -0.142. The number of fused-ring (bicyclic) bond motifs is 3. The van der Waals surface area contributed by atoms with Crippen molar-refractivity contribution in [2.45, 2.75) is 50.9 Å². The average Bonchev–Trinajstić information content (AvgIpc) is 2.94. The van der Waals surface area contributed by atoms with E-state index in [1.165, 1.54) is 13.2 Å². The number of carbonyl (C=O) groups excluding carboxylic acids is 1. The number of hydrogen-bond acceptors (Lipinski definition) is 2. The van der Waals surface area contributed by atoms with Gasteiger partial charge in [0.05, 0.1) is 19.0 Å². The molecule has 1 aliphatic carbocycles. The maximum absolute atomic E-state index is 14.3. The van der Waals surface area contributed by atoms with Gasteiger partial charge in [0, 0.05) is 16.5 Å². The summed E-state index contributed by atoms with van der Waals surface area (Å²) in [4.78, 5) is 15.0. The highest BCUT2D eigenvalue weighted by Crippen LogP contribution is 2.46. The van der Waals surface area contributed by atoms with Crippen LogP contribution in [0, 0.1) is 11.6 Å². The molecule has 1 unspecified atom stereocenters. The molecule has 0 saturated heterocycles. The minimum atomic E-state index is -0.459. The summed E-state index contributed by atoms with van der Waals surface area (Å²) in [5.74, 6) is -1.16. The lowest BCUT2D eigenvalue weighted by Crippen LogP contribution is -2.34. The molecule has 0 aliphatic heterocycles. The van der Waals surface area contributed by atoms with Gasteiger partial charge in [-0.1, -0.05) is 13.3 Å². The van der Waals surface area contributed by atoms with Crippen molar-refractivity contribution in [3.05, 3.63) is 35.0 Å². The Morgan fingerprint density at radius 3 is 2.78 bits per heavy atom. The molecule has 0 saturated carbocycles. The van der Waals surface area contributed by atoms with Crippen LogP contribution in [0.4, 0.5) is 8.78 Å². The summed E-state index contributed by atoms with van der Waals surface area (Å²) < 4.78 is 33.3. The minimum Gasteiger partial charge on any atom is -0.469 e. The van der Waals surface area contributed by atoms with Crippen LogP contribution in [-0.4, -0.2) is 18.1 Å². The van der Waals surface area contributed by atoms with Crippen molar-refractivity contribution in [3.63, 3.8) is 0 Å². The van der Waals surface area contributed by atoms with Crippen LogP contribution in [0.2, 0.25) is 0 Å².